The van der Waals surface area contributed by atoms with Gasteiger partial charge >= 0.3 is 12.1 Å². The van der Waals surface area contributed by atoms with Gasteiger partial charge in [0, 0.05) is 12.7 Å². The van der Waals surface area contributed by atoms with Crippen LogP contribution in [-0.2, 0) is 9.53 Å². The lowest BCUT2D eigenvalue weighted by molar-refractivity contribution is -0.138. The lowest BCUT2D eigenvalue weighted by atomic mass is 10.0. The van der Waals surface area contributed by atoms with E-state index in [-0.39, 0.29) is 6.09 Å². The summed E-state index contributed by atoms with van der Waals surface area (Å²) in [7, 11) is 0. The molecule has 2 heterocycles. The van der Waals surface area contributed by atoms with E-state index in [0.717, 1.165) is 17.7 Å². The number of carboxylic acid groups (broad SMARTS) is 1. The molecule has 0 bridgehead atoms. The fraction of sp³-hybridized carbons (Fsp3) is 0.500. The SMILES string of the molecule is CC(C(=O)O)c1ccc(C2=CCCN(C(=O)OC(C)(C)C)C2)nc1. The third-order valence-electron chi connectivity index (χ3n) is 3.79. The molecule has 0 fully saturated rings. The molecule has 1 aromatic heterocycles. The number of aromatic nitrogens is 1. The van der Waals surface area contributed by atoms with E-state index in [1.165, 1.54) is 0 Å². The van der Waals surface area contributed by atoms with Gasteiger partial charge in [-0.25, -0.2) is 4.79 Å². The first-order valence-corrected chi connectivity index (χ1v) is 8.03. The van der Waals surface area contributed by atoms with E-state index < -0.39 is 17.5 Å². The first-order chi connectivity index (χ1) is 11.2. The average molecular weight is 332 g/mol. The molecule has 1 aliphatic rings. The Bertz CT molecular complexity index is 644. The van der Waals surface area contributed by atoms with Crippen molar-refractivity contribution < 1.29 is 19.4 Å². The summed E-state index contributed by atoms with van der Waals surface area (Å²) in [6, 6.07) is 3.58. The largest absolute Gasteiger partial charge is 0.481 e. The molecule has 1 atom stereocenters. The van der Waals surface area contributed by atoms with Gasteiger partial charge in [-0.15, -0.1) is 0 Å². The van der Waals surface area contributed by atoms with Gasteiger partial charge in [-0.2, -0.15) is 0 Å². The first-order valence-electron chi connectivity index (χ1n) is 8.03. The molecule has 0 saturated carbocycles. The number of amides is 1. The Hall–Kier alpha value is -2.37. The summed E-state index contributed by atoms with van der Waals surface area (Å²) in [5.41, 5.74) is 1.84. The maximum Gasteiger partial charge on any atom is 0.410 e. The second kappa shape index (κ2) is 7.03. The minimum atomic E-state index is -0.877. The van der Waals surface area contributed by atoms with Crippen LogP contribution in [0, 0.1) is 0 Å². The molecule has 130 valence electrons. The lowest BCUT2D eigenvalue weighted by Gasteiger charge is -2.30. The number of carbonyl (C=O) groups excluding carboxylic acids is 1. The molecule has 0 saturated heterocycles. The molecular weight excluding hydrogens is 308 g/mol. The molecule has 6 heteroatoms. The minimum absolute atomic E-state index is 0.329. The van der Waals surface area contributed by atoms with Crippen molar-refractivity contribution in [1.29, 1.82) is 0 Å². The van der Waals surface area contributed by atoms with E-state index in [0.29, 0.717) is 18.7 Å². The van der Waals surface area contributed by atoms with Crippen molar-refractivity contribution in [3.05, 3.63) is 35.7 Å². The van der Waals surface area contributed by atoms with Gasteiger partial charge in [0.1, 0.15) is 5.60 Å². The second-order valence-electron chi connectivity index (χ2n) is 6.96. The molecule has 1 N–H and O–H groups in total. The van der Waals surface area contributed by atoms with E-state index in [9.17, 15) is 9.59 Å². The van der Waals surface area contributed by atoms with Crippen molar-refractivity contribution in [3.63, 3.8) is 0 Å². The van der Waals surface area contributed by atoms with Crippen LogP contribution in [0.5, 0.6) is 0 Å². The summed E-state index contributed by atoms with van der Waals surface area (Å²) < 4.78 is 5.41. The van der Waals surface area contributed by atoms with Gasteiger partial charge in [0.2, 0.25) is 0 Å². The van der Waals surface area contributed by atoms with E-state index in [2.05, 4.69) is 11.1 Å². The smallest absolute Gasteiger partial charge is 0.410 e. The Morgan fingerprint density at radius 3 is 2.58 bits per heavy atom. The highest BCUT2D eigenvalue weighted by Crippen LogP contribution is 2.23. The zero-order valence-electron chi connectivity index (χ0n) is 14.6. The molecule has 2 rings (SSSR count). The highest BCUT2D eigenvalue weighted by molar-refractivity contribution is 5.76. The summed E-state index contributed by atoms with van der Waals surface area (Å²) in [4.78, 5) is 29.2. The van der Waals surface area contributed by atoms with Gasteiger partial charge in [0.25, 0.3) is 0 Å². The van der Waals surface area contributed by atoms with Crippen molar-refractivity contribution in [3.8, 4) is 0 Å². The van der Waals surface area contributed by atoms with Crippen LogP contribution in [0.4, 0.5) is 4.79 Å². The number of carbonyl (C=O) groups is 2. The average Bonchev–Trinajstić information content (AvgIpc) is 2.53. The molecule has 1 aromatic rings. The first kappa shape index (κ1) is 18.0. The maximum absolute atomic E-state index is 12.2. The van der Waals surface area contributed by atoms with E-state index in [1.807, 2.05) is 20.8 Å². The minimum Gasteiger partial charge on any atom is -0.481 e. The Morgan fingerprint density at radius 2 is 2.04 bits per heavy atom. The molecule has 0 aliphatic carbocycles. The molecule has 0 radical (unpaired) electrons. The van der Waals surface area contributed by atoms with Crippen LogP contribution in [0.3, 0.4) is 0 Å². The number of nitrogens with zero attached hydrogens (tertiary/aromatic N) is 2. The van der Waals surface area contributed by atoms with Gasteiger partial charge in [-0.1, -0.05) is 12.1 Å². The molecule has 1 amide bonds. The molecule has 1 unspecified atom stereocenters. The zero-order chi connectivity index (χ0) is 17.9. The van der Waals surface area contributed by atoms with Gasteiger partial charge in [0.15, 0.2) is 0 Å². The number of aliphatic carboxylic acids is 1. The number of hydrogen-bond donors (Lipinski definition) is 1. The van der Waals surface area contributed by atoms with E-state index in [4.69, 9.17) is 9.84 Å². The summed E-state index contributed by atoms with van der Waals surface area (Å²) in [6.07, 6.45) is 4.05. The second-order valence-corrected chi connectivity index (χ2v) is 6.96. The number of carboxylic acids is 1. The summed E-state index contributed by atoms with van der Waals surface area (Å²) >= 11 is 0. The Kier molecular flexibility index (Phi) is 5.26. The molecule has 0 aromatic carbocycles. The predicted molar refractivity (Wildman–Crippen MR) is 90.7 cm³/mol. The number of pyridine rings is 1. The quantitative estimate of drug-likeness (QED) is 0.918. The van der Waals surface area contributed by atoms with Crippen molar-refractivity contribution >= 4 is 17.6 Å². The van der Waals surface area contributed by atoms with Crippen LogP contribution >= 0.6 is 0 Å². The fourth-order valence-electron chi connectivity index (χ4n) is 2.41. The number of ether oxygens (including phenoxy) is 1. The van der Waals surface area contributed by atoms with Gasteiger partial charge in [0.05, 0.1) is 18.2 Å². The molecule has 1 aliphatic heterocycles. The van der Waals surface area contributed by atoms with Crippen molar-refractivity contribution in [1.82, 2.24) is 9.88 Å². The van der Waals surface area contributed by atoms with Gasteiger partial charge in [-0.3, -0.25) is 9.78 Å². The lowest BCUT2D eigenvalue weighted by Crippen LogP contribution is -2.39. The zero-order valence-corrected chi connectivity index (χ0v) is 14.6. The van der Waals surface area contributed by atoms with Crippen LogP contribution < -0.4 is 0 Å². The van der Waals surface area contributed by atoms with E-state index in [1.54, 1.807) is 30.2 Å². The maximum atomic E-state index is 12.2. The highest BCUT2D eigenvalue weighted by Gasteiger charge is 2.25. The molecule has 0 spiro atoms. The predicted octanol–water partition coefficient (Wildman–Crippen LogP) is 3.29. The van der Waals surface area contributed by atoms with E-state index >= 15 is 0 Å². The summed E-state index contributed by atoms with van der Waals surface area (Å²) in [5, 5.41) is 9.04. The Balaban J connectivity index is 2.08. The van der Waals surface area contributed by atoms with Crippen molar-refractivity contribution in [2.45, 2.75) is 45.6 Å². The van der Waals surface area contributed by atoms with Gasteiger partial charge < -0.3 is 14.7 Å². The Morgan fingerprint density at radius 1 is 1.33 bits per heavy atom. The summed E-state index contributed by atoms with van der Waals surface area (Å²) in [6.45, 7) is 8.21. The van der Waals surface area contributed by atoms with Crippen LogP contribution in [0.25, 0.3) is 5.57 Å². The topological polar surface area (TPSA) is 79.7 Å². The van der Waals surface area contributed by atoms with Crippen LogP contribution in [0.1, 0.15) is 51.3 Å². The third-order valence-corrected chi connectivity index (χ3v) is 3.79. The highest BCUT2D eigenvalue weighted by atomic mass is 16.6. The van der Waals surface area contributed by atoms with Gasteiger partial charge in [-0.05, 0) is 51.3 Å². The standard InChI is InChI=1S/C18H24N2O4/c1-12(16(21)22)13-7-8-15(19-10-13)14-6-5-9-20(11-14)17(23)24-18(2,3)4/h6-8,10,12H,5,9,11H2,1-4H3,(H,21,22). The van der Waals surface area contributed by atoms with Crippen molar-refractivity contribution in [2.75, 3.05) is 13.1 Å². The van der Waals surface area contributed by atoms with Crippen LogP contribution in [0.2, 0.25) is 0 Å². The fourth-order valence-corrected chi connectivity index (χ4v) is 2.41. The normalized spacial score (nSPS) is 16.3. The van der Waals surface area contributed by atoms with Crippen molar-refractivity contribution in [2.24, 2.45) is 0 Å². The monoisotopic (exact) mass is 332 g/mol. The molecular formula is C18H24N2O4. The number of hydrogen-bond acceptors (Lipinski definition) is 4. The molecule has 24 heavy (non-hydrogen) atoms. The third kappa shape index (κ3) is 4.57. The molecule has 6 nitrogen and oxygen atoms in total. The Labute approximate surface area is 142 Å². The van der Waals surface area contributed by atoms with Crippen LogP contribution in [-0.4, -0.2) is 45.7 Å². The summed E-state index contributed by atoms with van der Waals surface area (Å²) in [5.74, 6) is -1.47. The van der Waals surface area contributed by atoms with Crippen LogP contribution in [0.15, 0.2) is 24.4 Å². The number of rotatable bonds is 3.